The Kier molecular flexibility index (Phi) is 6.25. The van der Waals surface area contributed by atoms with E-state index in [1.54, 1.807) is 0 Å². The smallest absolute Gasteiger partial charge is 0.230 e. The van der Waals surface area contributed by atoms with Gasteiger partial charge in [-0.2, -0.15) is 4.37 Å². The van der Waals surface area contributed by atoms with E-state index in [4.69, 9.17) is 28.3 Å². The summed E-state index contributed by atoms with van der Waals surface area (Å²) in [6.45, 7) is 0. The van der Waals surface area contributed by atoms with Crippen LogP contribution in [0.15, 0.2) is 149 Å². The van der Waals surface area contributed by atoms with E-state index in [0.29, 0.717) is 39.7 Å². The van der Waals surface area contributed by atoms with Crippen molar-refractivity contribution in [1.82, 2.24) is 29.5 Å². The molecule has 0 aliphatic carbocycles. The molecule has 0 aliphatic heterocycles. The van der Waals surface area contributed by atoms with Crippen LogP contribution in [0.5, 0.6) is 0 Å². The van der Waals surface area contributed by atoms with Gasteiger partial charge in [0.25, 0.3) is 0 Å². The van der Waals surface area contributed by atoms with Crippen LogP contribution in [0.2, 0.25) is 0 Å². The van der Waals surface area contributed by atoms with E-state index in [1.165, 1.54) is 11.5 Å². The number of benzene rings is 5. The fourth-order valence-corrected chi connectivity index (χ4v) is 8.03. The Balaban J connectivity index is 1.38. The van der Waals surface area contributed by atoms with Gasteiger partial charge in [0.05, 0.1) is 38.2 Å². The number of para-hydroxylation sites is 4. The molecule has 0 bridgehead atoms. The molecule has 6 heterocycles. The van der Waals surface area contributed by atoms with E-state index in [2.05, 4.69) is 58.7 Å². The van der Waals surface area contributed by atoms with Gasteiger partial charge in [-0.15, -0.1) is 0 Å². The molecule has 9 heteroatoms. The highest BCUT2D eigenvalue weighted by molar-refractivity contribution is 7.13. The molecule has 0 saturated heterocycles. The number of pyridine rings is 2. The Morgan fingerprint density at radius 1 is 0.538 bits per heavy atom. The summed E-state index contributed by atoms with van der Waals surface area (Å²) in [5, 5.41) is 9.33. The second kappa shape index (κ2) is 11.3. The monoisotopic (exact) mass is 688 g/mol. The zero-order valence-corrected chi connectivity index (χ0v) is 28.1. The number of aromatic nitrogens is 6. The second-order valence-corrected chi connectivity index (χ2v) is 13.4. The van der Waals surface area contributed by atoms with Crippen LogP contribution in [0.25, 0.3) is 111 Å². The van der Waals surface area contributed by atoms with E-state index in [1.807, 2.05) is 91.1 Å². The first-order valence-electron chi connectivity index (χ1n) is 16.8. The average molecular weight is 689 g/mol. The van der Waals surface area contributed by atoms with Crippen LogP contribution < -0.4 is 0 Å². The van der Waals surface area contributed by atoms with E-state index < -0.39 is 0 Å². The lowest BCUT2D eigenvalue weighted by Crippen LogP contribution is -2.01. The molecule has 0 saturated carbocycles. The maximum Gasteiger partial charge on any atom is 0.230 e. The van der Waals surface area contributed by atoms with Crippen molar-refractivity contribution >= 4 is 65.4 Å². The first kappa shape index (κ1) is 28.8. The topological polar surface area (TPSA) is 107 Å². The minimum Gasteiger partial charge on any atom is -0.436 e. The number of hydrogen-bond donors (Lipinski definition) is 1. The molecule has 0 atom stereocenters. The van der Waals surface area contributed by atoms with Gasteiger partial charge in [-0.3, -0.25) is 0 Å². The van der Waals surface area contributed by atoms with Gasteiger partial charge in [-0.1, -0.05) is 84.0 Å². The van der Waals surface area contributed by atoms with Crippen LogP contribution in [0.4, 0.5) is 0 Å². The van der Waals surface area contributed by atoms with Gasteiger partial charge in [0.2, 0.25) is 5.89 Å². The number of fused-ring (bicyclic) bond motifs is 5. The number of nitrogens with one attached hydrogen (secondary N) is 1. The minimum atomic E-state index is 0.420. The third-order valence-electron chi connectivity index (χ3n) is 9.62. The van der Waals surface area contributed by atoms with E-state index in [-0.39, 0.29) is 0 Å². The van der Waals surface area contributed by atoms with Gasteiger partial charge < -0.3 is 13.9 Å². The first-order valence-corrected chi connectivity index (χ1v) is 17.6. The zero-order chi connectivity index (χ0) is 34.2. The quantitative estimate of drug-likeness (QED) is 0.192. The predicted molar refractivity (Wildman–Crippen MR) is 207 cm³/mol. The van der Waals surface area contributed by atoms with Crippen molar-refractivity contribution in [3.8, 4) is 56.7 Å². The maximum atomic E-state index is 6.66. The Bertz CT molecular complexity index is 3120. The molecule has 244 valence electrons. The summed E-state index contributed by atoms with van der Waals surface area (Å²) in [5.74, 6) is 0.420. The van der Waals surface area contributed by atoms with Crippen molar-refractivity contribution in [2.24, 2.45) is 0 Å². The van der Waals surface area contributed by atoms with E-state index >= 15 is 0 Å². The summed E-state index contributed by atoms with van der Waals surface area (Å²) in [7, 11) is 0. The SMILES string of the molecule is c1c[nH]c(-c2ccc3c(-c4ccc5ccccc5n4)nc(-c4noc5ccccc45)c(-c4nc5ccccc5o4)c3c2-c2nsc3ccccc23)c1. The first-order chi connectivity index (χ1) is 25.8. The molecule has 8 nitrogen and oxygen atoms in total. The molecule has 11 rings (SSSR count). The highest BCUT2D eigenvalue weighted by Gasteiger charge is 2.30. The van der Waals surface area contributed by atoms with Crippen molar-refractivity contribution in [2.45, 2.75) is 0 Å². The van der Waals surface area contributed by atoms with Gasteiger partial charge >= 0.3 is 0 Å². The lowest BCUT2D eigenvalue weighted by molar-refractivity contribution is 0.459. The number of hydrogen-bond acceptors (Lipinski definition) is 8. The van der Waals surface area contributed by atoms with Crippen molar-refractivity contribution in [3.05, 3.63) is 140 Å². The largest absolute Gasteiger partial charge is 0.436 e. The summed E-state index contributed by atoms with van der Waals surface area (Å²) in [6.07, 6.45) is 1.94. The van der Waals surface area contributed by atoms with Gasteiger partial charge in [-0.05, 0) is 66.1 Å². The molecular weight excluding hydrogens is 665 g/mol. The Morgan fingerprint density at radius 3 is 2.23 bits per heavy atom. The molecular formula is C43H24N6O2S. The average Bonchev–Trinajstić information content (AvgIpc) is 4.03. The lowest BCUT2D eigenvalue weighted by Gasteiger charge is -2.18. The summed E-state index contributed by atoms with van der Waals surface area (Å²) in [5.41, 5.74) is 9.90. The zero-order valence-electron chi connectivity index (χ0n) is 27.2. The van der Waals surface area contributed by atoms with E-state index in [0.717, 1.165) is 70.9 Å². The fraction of sp³-hybridized carbons (Fsp3) is 0. The second-order valence-electron chi connectivity index (χ2n) is 12.6. The molecule has 1 N–H and O–H groups in total. The molecule has 0 unspecified atom stereocenters. The van der Waals surface area contributed by atoms with Crippen molar-refractivity contribution in [2.75, 3.05) is 0 Å². The van der Waals surface area contributed by atoms with Crippen LogP contribution >= 0.6 is 11.5 Å². The standard InChI is InChI=1S/C43H24N6O2S/c1-4-13-29-24(10-1)19-22-32(45-29)39-28-21-20-25(30-15-9-23-44-30)37(40-27-12-3-8-18-35(27)52-49-40)36(28)38(43-46-31-14-5-7-17-34(31)50-43)42(47-39)41-26-11-2-6-16-33(26)51-48-41/h1-23,44H. The minimum absolute atomic E-state index is 0.420. The summed E-state index contributed by atoms with van der Waals surface area (Å²) < 4.78 is 18.8. The van der Waals surface area contributed by atoms with Gasteiger partial charge in [-0.25, -0.2) is 15.0 Å². The lowest BCUT2D eigenvalue weighted by atomic mass is 9.88. The van der Waals surface area contributed by atoms with Crippen LogP contribution in [0.3, 0.4) is 0 Å². The van der Waals surface area contributed by atoms with Crippen LogP contribution in [-0.2, 0) is 0 Å². The molecule has 11 aromatic rings. The normalized spacial score (nSPS) is 11.8. The molecule has 52 heavy (non-hydrogen) atoms. The van der Waals surface area contributed by atoms with Crippen molar-refractivity contribution in [3.63, 3.8) is 0 Å². The molecule has 0 radical (unpaired) electrons. The number of rotatable bonds is 5. The van der Waals surface area contributed by atoms with Gasteiger partial charge in [0, 0.05) is 44.6 Å². The number of oxazole rings is 1. The Hall–Kier alpha value is -6.97. The molecule has 5 aromatic carbocycles. The van der Waals surface area contributed by atoms with Crippen molar-refractivity contribution < 1.29 is 8.94 Å². The van der Waals surface area contributed by atoms with Crippen molar-refractivity contribution in [1.29, 1.82) is 0 Å². The highest BCUT2D eigenvalue weighted by atomic mass is 32.1. The Labute approximate surface area is 299 Å². The third kappa shape index (κ3) is 4.36. The predicted octanol–water partition coefficient (Wildman–Crippen LogP) is 11.3. The summed E-state index contributed by atoms with van der Waals surface area (Å²) >= 11 is 1.48. The van der Waals surface area contributed by atoms with Gasteiger partial charge in [0.1, 0.15) is 16.9 Å². The highest BCUT2D eigenvalue weighted by Crippen LogP contribution is 2.50. The molecule has 6 aromatic heterocycles. The third-order valence-corrected chi connectivity index (χ3v) is 10.5. The number of nitrogens with zero attached hydrogens (tertiary/aromatic N) is 5. The number of H-pyrrole nitrogens is 1. The van der Waals surface area contributed by atoms with Crippen LogP contribution in [0, 0.1) is 0 Å². The van der Waals surface area contributed by atoms with Crippen LogP contribution in [-0.4, -0.2) is 29.5 Å². The Morgan fingerprint density at radius 2 is 1.35 bits per heavy atom. The van der Waals surface area contributed by atoms with E-state index in [9.17, 15) is 0 Å². The number of aromatic amines is 1. The molecule has 0 aliphatic rings. The maximum absolute atomic E-state index is 6.66. The summed E-state index contributed by atoms with van der Waals surface area (Å²) in [4.78, 5) is 19.2. The molecule has 0 spiro atoms. The van der Waals surface area contributed by atoms with Gasteiger partial charge in [0.15, 0.2) is 11.2 Å². The molecule has 0 amide bonds. The van der Waals surface area contributed by atoms with Crippen LogP contribution in [0.1, 0.15) is 0 Å². The summed E-state index contributed by atoms with van der Waals surface area (Å²) in [6, 6.07) is 44.5. The molecule has 0 fully saturated rings. The fourth-order valence-electron chi connectivity index (χ4n) is 7.25.